The number of imidazole rings is 1. The fraction of sp³-hybridized carbons (Fsp3) is 0.231. The number of hydrogen-bond donors (Lipinski definition) is 0. The number of nitrogens with zero attached hydrogens (tertiary/aromatic N) is 3. The minimum absolute atomic E-state index is 0.0840. The number of hydrogen-bond acceptors (Lipinski definition) is 2. The SMILES string of the molecule is CCN(C(=O)n1ccnc1)c1ccccc1C. The summed E-state index contributed by atoms with van der Waals surface area (Å²) in [6.07, 6.45) is 4.77. The molecule has 0 aliphatic heterocycles. The Morgan fingerprint density at radius 1 is 1.41 bits per heavy atom. The predicted molar refractivity (Wildman–Crippen MR) is 67.2 cm³/mol. The summed E-state index contributed by atoms with van der Waals surface area (Å²) in [4.78, 5) is 17.9. The highest BCUT2D eigenvalue weighted by atomic mass is 16.2. The molecule has 2 rings (SSSR count). The Morgan fingerprint density at radius 3 is 2.76 bits per heavy atom. The number of aromatic nitrogens is 2. The quantitative estimate of drug-likeness (QED) is 0.794. The van der Waals surface area contributed by atoms with Gasteiger partial charge >= 0.3 is 6.03 Å². The number of carbonyl (C=O) groups is 1. The lowest BCUT2D eigenvalue weighted by Gasteiger charge is -2.22. The van der Waals surface area contributed by atoms with Crippen LogP contribution in [0.25, 0.3) is 0 Å². The molecule has 1 heterocycles. The smallest absolute Gasteiger partial charge is 0.294 e. The first-order chi connectivity index (χ1) is 8.24. The third-order valence-electron chi connectivity index (χ3n) is 2.68. The molecule has 0 aliphatic carbocycles. The summed E-state index contributed by atoms with van der Waals surface area (Å²) < 4.78 is 1.48. The summed E-state index contributed by atoms with van der Waals surface area (Å²) in [5, 5.41) is 0. The van der Waals surface area contributed by atoms with Gasteiger partial charge in [-0.1, -0.05) is 18.2 Å². The first kappa shape index (κ1) is 11.4. The van der Waals surface area contributed by atoms with Crippen molar-refractivity contribution in [2.45, 2.75) is 13.8 Å². The highest BCUT2D eigenvalue weighted by Crippen LogP contribution is 2.19. The number of para-hydroxylation sites is 1. The van der Waals surface area contributed by atoms with Gasteiger partial charge in [0.15, 0.2) is 0 Å². The minimum Gasteiger partial charge on any atom is -0.294 e. The Kier molecular flexibility index (Phi) is 3.23. The van der Waals surface area contributed by atoms with E-state index in [2.05, 4.69) is 4.98 Å². The van der Waals surface area contributed by atoms with Gasteiger partial charge < -0.3 is 0 Å². The monoisotopic (exact) mass is 229 g/mol. The Morgan fingerprint density at radius 2 is 2.18 bits per heavy atom. The van der Waals surface area contributed by atoms with Gasteiger partial charge in [-0.15, -0.1) is 0 Å². The maximum absolute atomic E-state index is 12.2. The fourth-order valence-corrected chi connectivity index (χ4v) is 1.79. The minimum atomic E-state index is -0.0840. The number of benzene rings is 1. The molecule has 0 fully saturated rings. The number of amides is 1. The summed E-state index contributed by atoms with van der Waals surface area (Å²) in [6.45, 7) is 4.59. The summed E-state index contributed by atoms with van der Waals surface area (Å²) in [5.74, 6) is 0. The molecule has 88 valence electrons. The lowest BCUT2D eigenvalue weighted by Crippen LogP contribution is -2.34. The van der Waals surface area contributed by atoms with Crippen LogP contribution in [0.1, 0.15) is 12.5 Å². The van der Waals surface area contributed by atoms with Gasteiger partial charge in [0.05, 0.1) is 0 Å². The third kappa shape index (κ3) is 2.20. The molecule has 2 aromatic rings. The average Bonchev–Trinajstić information content (AvgIpc) is 2.86. The first-order valence-electron chi connectivity index (χ1n) is 5.59. The van der Waals surface area contributed by atoms with Crippen LogP contribution < -0.4 is 4.90 Å². The van der Waals surface area contributed by atoms with E-state index in [1.54, 1.807) is 17.3 Å². The summed E-state index contributed by atoms with van der Waals surface area (Å²) in [7, 11) is 0. The van der Waals surface area contributed by atoms with Gasteiger partial charge in [0.25, 0.3) is 0 Å². The van der Waals surface area contributed by atoms with Crippen molar-refractivity contribution >= 4 is 11.7 Å². The van der Waals surface area contributed by atoms with Crippen LogP contribution in [-0.2, 0) is 0 Å². The summed E-state index contributed by atoms with van der Waals surface area (Å²) in [6, 6.07) is 7.77. The van der Waals surface area contributed by atoms with Gasteiger partial charge in [-0.05, 0) is 25.5 Å². The van der Waals surface area contributed by atoms with Crippen LogP contribution in [0.5, 0.6) is 0 Å². The van der Waals surface area contributed by atoms with Crippen LogP contribution in [0.15, 0.2) is 43.0 Å². The molecular formula is C13H15N3O. The van der Waals surface area contributed by atoms with E-state index in [-0.39, 0.29) is 6.03 Å². The van der Waals surface area contributed by atoms with E-state index >= 15 is 0 Å². The zero-order chi connectivity index (χ0) is 12.3. The molecule has 0 aliphatic rings. The van der Waals surface area contributed by atoms with Crippen LogP contribution in [0.3, 0.4) is 0 Å². The lowest BCUT2D eigenvalue weighted by molar-refractivity contribution is 0.248. The third-order valence-corrected chi connectivity index (χ3v) is 2.68. The second-order valence-electron chi connectivity index (χ2n) is 3.78. The number of anilines is 1. The van der Waals surface area contributed by atoms with Crippen molar-refractivity contribution in [3.63, 3.8) is 0 Å². The second-order valence-corrected chi connectivity index (χ2v) is 3.78. The first-order valence-corrected chi connectivity index (χ1v) is 5.59. The van der Waals surface area contributed by atoms with Crippen molar-refractivity contribution in [2.24, 2.45) is 0 Å². The summed E-state index contributed by atoms with van der Waals surface area (Å²) >= 11 is 0. The zero-order valence-electron chi connectivity index (χ0n) is 10.00. The maximum Gasteiger partial charge on any atom is 0.333 e. The molecule has 0 N–H and O–H groups in total. The van der Waals surface area contributed by atoms with Crippen LogP contribution in [0.4, 0.5) is 10.5 Å². The van der Waals surface area contributed by atoms with Gasteiger partial charge in [-0.3, -0.25) is 9.47 Å². The van der Waals surface area contributed by atoms with Crippen LogP contribution in [0.2, 0.25) is 0 Å². The van der Waals surface area contributed by atoms with E-state index in [4.69, 9.17) is 0 Å². The molecule has 0 saturated heterocycles. The van der Waals surface area contributed by atoms with Crippen molar-refractivity contribution < 1.29 is 4.79 Å². The van der Waals surface area contributed by atoms with E-state index in [1.807, 2.05) is 38.1 Å². The van der Waals surface area contributed by atoms with Crippen LogP contribution in [-0.4, -0.2) is 22.1 Å². The largest absolute Gasteiger partial charge is 0.333 e. The second kappa shape index (κ2) is 4.82. The Labute approximate surface area is 101 Å². The molecule has 0 saturated carbocycles. The van der Waals surface area contributed by atoms with Gasteiger partial charge in [-0.25, -0.2) is 9.78 Å². The molecule has 1 amide bonds. The maximum atomic E-state index is 12.2. The Bertz CT molecular complexity index is 505. The topological polar surface area (TPSA) is 38.1 Å². The van der Waals surface area contributed by atoms with Crippen LogP contribution >= 0.6 is 0 Å². The Hall–Kier alpha value is -2.10. The number of aryl methyl sites for hydroxylation is 1. The van der Waals surface area contributed by atoms with Crippen molar-refractivity contribution in [3.8, 4) is 0 Å². The van der Waals surface area contributed by atoms with E-state index in [0.29, 0.717) is 6.54 Å². The predicted octanol–water partition coefficient (Wildman–Crippen LogP) is 2.69. The molecule has 0 bridgehead atoms. The van der Waals surface area contributed by atoms with Crippen molar-refractivity contribution in [3.05, 3.63) is 48.5 Å². The lowest BCUT2D eigenvalue weighted by atomic mass is 10.2. The molecule has 1 aromatic carbocycles. The van der Waals surface area contributed by atoms with Gasteiger partial charge in [-0.2, -0.15) is 0 Å². The highest BCUT2D eigenvalue weighted by molar-refractivity contribution is 5.94. The highest BCUT2D eigenvalue weighted by Gasteiger charge is 2.16. The molecule has 0 atom stereocenters. The molecule has 0 unspecified atom stereocenters. The van der Waals surface area contributed by atoms with Gasteiger partial charge in [0.1, 0.15) is 6.33 Å². The normalized spacial score (nSPS) is 10.2. The molecule has 4 heteroatoms. The number of rotatable bonds is 2. The van der Waals surface area contributed by atoms with Crippen LogP contribution in [0, 0.1) is 6.92 Å². The van der Waals surface area contributed by atoms with E-state index < -0.39 is 0 Å². The average molecular weight is 229 g/mol. The fourth-order valence-electron chi connectivity index (χ4n) is 1.79. The summed E-state index contributed by atoms with van der Waals surface area (Å²) in [5.41, 5.74) is 2.02. The molecule has 0 spiro atoms. The molecular weight excluding hydrogens is 214 g/mol. The van der Waals surface area contributed by atoms with E-state index in [9.17, 15) is 4.79 Å². The zero-order valence-corrected chi connectivity index (χ0v) is 10.00. The number of carbonyl (C=O) groups excluding carboxylic acids is 1. The van der Waals surface area contributed by atoms with E-state index in [1.165, 1.54) is 10.9 Å². The molecule has 4 nitrogen and oxygen atoms in total. The van der Waals surface area contributed by atoms with Crippen molar-refractivity contribution in [2.75, 3.05) is 11.4 Å². The molecule has 1 aromatic heterocycles. The molecule has 17 heavy (non-hydrogen) atoms. The Balaban J connectivity index is 2.35. The van der Waals surface area contributed by atoms with Gasteiger partial charge in [0, 0.05) is 24.6 Å². The van der Waals surface area contributed by atoms with Crippen molar-refractivity contribution in [1.82, 2.24) is 9.55 Å². The standard InChI is InChI=1S/C13H15N3O/c1-3-16(12-7-5-4-6-11(12)2)13(17)15-9-8-14-10-15/h4-10H,3H2,1-2H3. The van der Waals surface area contributed by atoms with Gasteiger partial charge in [0.2, 0.25) is 0 Å². The van der Waals surface area contributed by atoms with E-state index in [0.717, 1.165) is 11.3 Å². The molecule has 0 radical (unpaired) electrons. The van der Waals surface area contributed by atoms with Crippen molar-refractivity contribution in [1.29, 1.82) is 0 Å².